The second-order valence-corrected chi connectivity index (χ2v) is 12.1. The molecular formula is C25H25F5N2O5S. The van der Waals surface area contributed by atoms with Crippen LogP contribution >= 0.6 is 0 Å². The van der Waals surface area contributed by atoms with E-state index in [2.05, 4.69) is 0 Å². The molecule has 0 saturated carbocycles. The van der Waals surface area contributed by atoms with Crippen molar-refractivity contribution in [3.05, 3.63) is 53.8 Å². The lowest BCUT2D eigenvalue weighted by Gasteiger charge is -2.37. The minimum Gasteiger partial charge on any atom is -0.459 e. The van der Waals surface area contributed by atoms with Gasteiger partial charge in [-0.25, -0.2) is 22.0 Å². The summed E-state index contributed by atoms with van der Waals surface area (Å²) in [5.41, 5.74) is -1.80. The summed E-state index contributed by atoms with van der Waals surface area (Å²) in [6, 6.07) is 8.66. The molecule has 13 heteroatoms. The van der Waals surface area contributed by atoms with E-state index in [-0.39, 0.29) is 33.7 Å². The van der Waals surface area contributed by atoms with Crippen molar-refractivity contribution in [2.24, 2.45) is 0 Å². The van der Waals surface area contributed by atoms with Crippen LogP contribution in [0.15, 0.2) is 51.8 Å². The number of fused-ring (bicyclic) bond motifs is 1. The highest BCUT2D eigenvalue weighted by molar-refractivity contribution is 7.89. The third kappa shape index (κ3) is 5.78. The molecule has 0 aliphatic carbocycles. The van der Waals surface area contributed by atoms with Gasteiger partial charge in [0.05, 0.1) is 30.1 Å². The van der Waals surface area contributed by atoms with Crippen LogP contribution in [0.25, 0.3) is 22.1 Å². The molecule has 0 N–H and O–H groups in total. The first kappa shape index (κ1) is 27.8. The van der Waals surface area contributed by atoms with E-state index in [0.717, 1.165) is 18.2 Å². The molecule has 1 fully saturated rings. The topological polar surface area (TPSA) is 80.1 Å². The highest BCUT2D eigenvalue weighted by atomic mass is 32.2. The molecule has 206 valence electrons. The summed E-state index contributed by atoms with van der Waals surface area (Å²) in [6.07, 6.45) is -5.45. The first-order valence-electron chi connectivity index (χ1n) is 11.4. The van der Waals surface area contributed by atoms with Crippen LogP contribution in [0.3, 0.4) is 0 Å². The number of ether oxygens (including phenoxy) is 1. The summed E-state index contributed by atoms with van der Waals surface area (Å²) in [7, 11) is -2.72. The third-order valence-electron chi connectivity index (χ3n) is 5.71. The number of carbonyl (C=O) groups is 1. The fraction of sp³-hybridized carbons (Fsp3) is 0.400. The molecule has 1 saturated heterocycles. The van der Waals surface area contributed by atoms with Crippen molar-refractivity contribution in [3.8, 4) is 11.1 Å². The van der Waals surface area contributed by atoms with E-state index < -0.39 is 58.1 Å². The molecule has 0 atom stereocenters. The highest BCUT2D eigenvalue weighted by Gasteiger charge is 2.49. The summed E-state index contributed by atoms with van der Waals surface area (Å²) in [5, 5.41) is 0.127. The van der Waals surface area contributed by atoms with Gasteiger partial charge in [-0.05, 0) is 62.2 Å². The number of furan rings is 1. The van der Waals surface area contributed by atoms with Gasteiger partial charge in [-0.2, -0.15) is 17.5 Å². The van der Waals surface area contributed by atoms with Crippen LogP contribution in [-0.2, 0) is 27.5 Å². The zero-order valence-electron chi connectivity index (χ0n) is 20.9. The van der Waals surface area contributed by atoms with Crippen molar-refractivity contribution in [3.63, 3.8) is 0 Å². The molecule has 1 aromatic heterocycles. The van der Waals surface area contributed by atoms with Gasteiger partial charge < -0.3 is 14.1 Å². The summed E-state index contributed by atoms with van der Waals surface area (Å²) in [6.45, 7) is 3.06. The minimum atomic E-state index is -4.77. The molecule has 0 radical (unpaired) electrons. The number of alkyl halides is 5. The predicted octanol–water partition coefficient (Wildman–Crippen LogP) is 6.13. The van der Waals surface area contributed by atoms with E-state index in [4.69, 9.17) is 9.15 Å². The van der Waals surface area contributed by atoms with Crippen LogP contribution < -0.4 is 0 Å². The lowest BCUT2D eigenvalue weighted by molar-refractivity contribution is -0.136. The quantitative estimate of drug-likeness (QED) is 0.351. The Hall–Kier alpha value is -3.19. The number of hydrogen-bond acceptors (Lipinski definition) is 5. The van der Waals surface area contributed by atoms with E-state index in [9.17, 15) is 35.2 Å². The van der Waals surface area contributed by atoms with Crippen LogP contribution in [0.2, 0.25) is 0 Å². The maximum absolute atomic E-state index is 13.9. The molecule has 38 heavy (non-hydrogen) atoms. The number of rotatable bonds is 5. The van der Waals surface area contributed by atoms with Crippen LogP contribution in [0.5, 0.6) is 0 Å². The minimum absolute atomic E-state index is 0.101. The normalized spacial score (nSPS) is 16.3. The molecule has 3 aromatic rings. The summed E-state index contributed by atoms with van der Waals surface area (Å²) in [4.78, 5) is 13.2. The van der Waals surface area contributed by atoms with Gasteiger partial charge in [0.2, 0.25) is 10.0 Å². The largest absolute Gasteiger partial charge is 0.459 e. The average Bonchev–Trinajstić information content (AvgIpc) is 3.17. The Labute approximate surface area is 215 Å². The number of carbonyl (C=O) groups excluding carboxylic acids is 1. The van der Waals surface area contributed by atoms with E-state index >= 15 is 0 Å². The number of hydrogen-bond donors (Lipinski definition) is 0. The van der Waals surface area contributed by atoms with E-state index in [1.165, 1.54) is 36.2 Å². The zero-order valence-corrected chi connectivity index (χ0v) is 21.7. The Morgan fingerprint density at radius 1 is 1.05 bits per heavy atom. The molecule has 0 spiro atoms. The molecule has 1 amide bonds. The Bertz CT molecular complexity index is 1470. The first-order chi connectivity index (χ1) is 17.4. The second kappa shape index (κ2) is 9.23. The Morgan fingerprint density at radius 2 is 1.66 bits per heavy atom. The lowest BCUT2D eigenvalue weighted by Crippen LogP contribution is -2.58. The summed E-state index contributed by atoms with van der Waals surface area (Å²) in [5.74, 6) is -2.98. The maximum Gasteiger partial charge on any atom is 0.420 e. The standard InChI is InChI=1S/C25H25F5N2O5S/c1-23(2,3)37-22(33)31(4)12-18-10-17-9-16(11-20(21(17)36-18)25(28,29)30)15-5-7-19(8-6-15)38(34,35)32-13-24(26,27)14-32/h5-11H,12-14H2,1-4H3. The molecule has 2 aromatic carbocycles. The maximum atomic E-state index is 13.9. The smallest absolute Gasteiger partial charge is 0.420 e. The molecule has 1 aliphatic heterocycles. The predicted molar refractivity (Wildman–Crippen MR) is 128 cm³/mol. The van der Waals surface area contributed by atoms with Gasteiger partial charge in [0.1, 0.15) is 16.9 Å². The number of amides is 1. The highest BCUT2D eigenvalue weighted by Crippen LogP contribution is 2.40. The van der Waals surface area contributed by atoms with E-state index in [1.54, 1.807) is 20.8 Å². The van der Waals surface area contributed by atoms with Gasteiger partial charge in [-0.1, -0.05) is 12.1 Å². The number of benzene rings is 2. The lowest BCUT2D eigenvalue weighted by atomic mass is 10.0. The van der Waals surface area contributed by atoms with Crippen LogP contribution in [0.4, 0.5) is 26.7 Å². The fourth-order valence-electron chi connectivity index (χ4n) is 3.91. The van der Waals surface area contributed by atoms with Gasteiger partial charge >= 0.3 is 12.3 Å². The molecule has 1 aliphatic rings. The number of nitrogens with zero attached hydrogens (tertiary/aromatic N) is 2. The van der Waals surface area contributed by atoms with Crippen molar-refractivity contribution in [2.75, 3.05) is 20.1 Å². The molecule has 2 heterocycles. The van der Waals surface area contributed by atoms with Crippen molar-refractivity contribution in [1.29, 1.82) is 0 Å². The Morgan fingerprint density at radius 3 is 2.18 bits per heavy atom. The summed E-state index contributed by atoms with van der Waals surface area (Å²) >= 11 is 0. The van der Waals surface area contributed by atoms with Crippen LogP contribution in [-0.4, -0.2) is 55.4 Å². The fourth-order valence-corrected chi connectivity index (χ4v) is 5.40. The SMILES string of the molecule is CN(Cc1cc2cc(-c3ccc(S(=O)(=O)N4CC(F)(F)C4)cc3)cc(C(F)(F)F)c2o1)C(=O)OC(C)(C)C. The summed E-state index contributed by atoms with van der Waals surface area (Å²) < 4.78 is 104. The van der Waals surface area contributed by atoms with Gasteiger partial charge in [0, 0.05) is 12.4 Å². The van der Waals surface area contributed by atoms with Gasteiger partial charge in [0.15, 0.2) is 0 Å². The van der Waals surface area contributed by atoms with Gasteiger partial charge in [0.25, 0.3) is 5.92 Å². The van der Waals surface area contributed by atoms with Gasteiger partial charge in [-0.3, -0.25) is 0 Å². The van der Waals surface area contributed by atoms with Crippen molar-refractivity contribution >= 4 is 27.1 Å². The van der Waals surface area contributed by atoms with Crippen molar-refractivity contribution < 1.29 is 44.3 Å². The third-order valence-corrected chi connectivity index (χ3v) is 7.52. The number of halogens is 5. The first-order valence-corrected chi connectivity index (χ1v) is 12.9. The molecule has 4 rings (SSSR count). The molecule has 0 bridgehead atoms. The zero-order chi connectivity index (χ0) is 28.3. The Balaban J connectivity index is 1.65. The van der Waals surface area contributed by atoms with Crippen LogP contribution in [0.1, 0.15) is 32.1 Å². The molecular weight excluding hydrogens is 535 g/mol. The van der Waals surface area contributed by atoms with Crippen molar-refractivity contribution in [1.82, 2.24) is 9.21 Å². The van der Waals surface area contributed by atoms with E-state index in [1.807, 2.05) is 0 Å². The monoisotopic (exact) mass is 560 g/mol. The van der Waals surface area contributed by atoms with E-state index in [0.29, 0.717) is 4.31 Å². The number of sulfonamides is 1. The second-order valence-electron chi connectivity index (χ2n) is 10.1. The van der Waals surface area contributed by atoms with Crippen molar-refractivity contribution in [2.45, 2.75) is 49.9 Å². The van der Waals surface area contributed by atoms with Gasteiger partial charge in [-0.15, -0.1) is 0 Å². The average molecular weight is 561 g/mol. The molecule has 7 nitrogen and oxygen atoms in total. The van der Waals surface area contributed by atoms with Crippen LogP contribution in [0, 0.1) is 0 Å². The molecule has 0 unspecified atom stereocenters. The Kier molecular flexibility index (Phi) is 6.76.